The van der Waals surface area contributed by atoms with Crippen LogP contribution in [0.3, 0.4) is 0 Å². The summed E-state index contributed by atoms with van der Waals surface area (Å²) in [6, 6.07) is 5.61. The lowest BCUT2D eigenvalue weighted by Crippen LogP contribution is -2.35. The lowest BCUT2D eigenvalue weighted by Gasteiger charge is -2.21. The van der Waals surface area contributed by atoms with Gasteiger partial charge >= 0.3 is 0 Å². The summed E-state index contributed by atoms with van der Waals surface area (Å²) in [7, 11) is -3.25. The molecule has 1 saturated carbocycles. The van der Waals surface area contributed by atoms with Gasteiger partial charge in [-0.15, -0.1) is 0 Å². The van der Waals surface area contributed by atoms with E-state index in [0.717, 1.165) is 18.4 Å². The highest BCUT2D eigenvalue weighted by atomic mass is 32.2. The molecule has 6 heteroatoms. The van der Waals surface area contributed by atoms with Gasteiger partial charge in [-0.1, -0.05) is 32.1 Å². The number of nitrogens with zero attached hydrogens (tertiary/aromatic N) is 1. The van der Waals surface area contributed by atoms with E-state index in [1.807, 2.05) is 6.07 Å². The summed E-state index contributed by atoms with van der Waals surface area (Å²) in [5, 5.41) is 3.16. The van der Waals surface area contributed by atoms with Crippen LogP contribution in [0.1, 0.15) is 60.9 Å². The van der Waals surface area contributed by atoms with Gasteiger partial charge in [-0.2, -0.15) is 0 Å². The van der Waals surface area contributed by atoms with E-state index < -0.39 is 10.0 Å². The van der Waals surface area contributed by atoms with Crippen molar-refractivity contribution in [1.29, 1.82) is 0 Å². The Morgan fingerprint density at radius 1 is 1.12 bits per heavy atom. The maximum atomic E-state index is 12.5. The minimum Gasteiger partial charge on any atom is -0.349 e. The quantitative estimate of drug-likeness (QED) is 0.911. The Morgan fingerprint density at radius 2 is 1.79 bits per heavy atom. The average molecular weight is 350 g/mol. The minimum absolute atomic E-state index is 0.0406. The third kappa shape index (κ3) is 3.91. The van der Waals surface area contributed by atoms with Crippen molar-refractivity contribution >= 4 is 21.6 Å². The summed E-state index contributed by atoms with van der Waals surface area (Å²) >= 11 is 0. The normalized spacial score (nSPS) is 19.5. The van der Waals surface area contributed by atoms with Crippen LogP contribution < -0.4 is 9.62 Å². The van der Waals surface area contributed by atoms with Gasteiger partial charge in [0.1, 0.15) is 0 Å². The van der Waals surface area contributed by atoms with Crippen LogP contribution in [0.25, 0.3) is 0 Å². The van der Waals surface area contributed by atoms with Crippen molar-refractivity contribution in [3.8, 4) is 0 Å². The van der Waals surface area contributed by atoms with E-state index in [4.69, 9.17) is 0 Å². The molecule has 3 rings (SSSR count). The van der Waals surface area contributed by atoms with E-state index in [1.54, 1.807) is 12.1 Å². The summed E-state index contributed by atoms with van der Waals surface area (Å²) < 4.78 is 25.0. The second-order valence-corrected chi connectivity index (χ2v) is 8.85. The van der Waals surface area contributed by atoms with Crippen molar-refractivity contribution in [2.45, 2.75) is 57.4 Å². The van der Waals surface area contributed by atoms with Crippen LogP contribution in [0.15, 0.2) is 18.2 Å². The number of carbonyl (C=O) groups is 1. The van der Waals surface area contributed by atoms with Gasteiger partial charge in [0, 0.05) is 18.2 Å². The monoisotopic (exact) mass is 350 g/mol. The number of benzene rings is 1. The molecular weight excluding hydrogens is 324 g/mol. The van der Waals surface area contributed by atoms with E-state index in [-0.39, 0.29) is 11.9 Å². The Kier molecular flexibility index (Phi) is 5.13. The van der Waals surface area contributed by atoms with Crippen molar-refractivity contribution in [2.75, 3.05) is 17.1 Å². The molecule has 1 aliphatic carbocycles. The predicted octanol–water partition coefficient (Wildman–Crippen LogP) is 2.85. The van der Waals surface area contributed by atoms with Crippen molar-refractivity contribution in [1.82, 2.24) is 5.32 Å². The summed E-state index contributed by atoms with van der Waals surface area (Å²) in [6.07, 6.45) is 10.2. The first-order valence-corrected chi connectivity index (χ1v) is 10.7. The molecule has 24 heavy (non-hydrogen) atoms. The Bertz CT molecular complexity index is 707. The van der Waals surface area contributed by atoms with Crippen LogP contribution in [0, 0.1) is 0 Å². The van der Waals surface area contributed by atoms with Gasteiger partial charge in [0.05, 0.1) is 11.9 Å². The van der Waals surface area contributed by atoms with Gasteiger partial charge < -0.3 is 5.32 Å². The maximum absolute atomic E-state index is 12.5. The second kappa shape index (κ2) is 7.13. The Balaban J connectivity index is 1.70. The van der Waals surface area contributed by atoms with E-state index in [1.165, 1.54) is 42.7 Å². The van der Waals surface area contributed by atoms with Crippen LogP contribution >= 0.6 is 0 Å². The number of amides is 1. The molecule has 132 valence electrons. The van der Waals surface area contributed by atoms with Crippen molar-refractivity contribution in [3.63, 3.8) is 0 Å². The lowest BCUT2D eigenvalue weighted by atomic mass is 9.96. The number of nitrogens with one attached hydrogen (secondary N) is 1. The molecule has 0 spiro atoms. The third-order valence-electron chi connectivity index (χ3n) is 5.04. The molecule has 0 unspecified atom stereocenters. The molecule has 0 radical (unpaired) electrons. The van der Waals surface area contributed by atoms with E-state index in [9.17, 15) is 13.2 Å². The van der Waals surface area contributed by atoms with Crippen LogP contribution in [0.5, 0.6) is 0 Å². The topological polar surface area (TPSA) is 66.5 Å². The number of carbonyl (C=O) groups excluding carboxylic acids is 1. The second-order valence-electron chi connectivity index (χ2n) is 6.94. The minimum atomic E-state index is -3.25. The lowest BCUT2D eigenvalue weighted by molar-refractivity contribution is 0.0930. The van der Waals surface area contributed by atoms with E-state index in [2.05, 4.69) is 5.32 Å². The summed E-state index contributed by atoms with van der Waals surface area (Å²) in [6.45, 7) is 0.460. The van der Waals surface area contributed by atoms with Crippen LogP contribution in [0.2, 0.25) is 0 Å². The first-order valence-electron chi connectivity index (χ1n) is 8.86. The fourth-order valence-electron chi connectivity index (χ4n) is 3.73. The largest absolute Gasteiger partial charge is 0.349 e. The Labute approximate surface area is 144 Å². The zero-order valence-electron chi connectivity index (χ0n) is 14.3. The van der Waals surface area contributed by atoms with Gasteiger partial charge in [-0.25, -0.2) is 8.42 Å². The SMILES string of the molecule is CS(=O)(=O)N1CCc2cc(C(=O)NC3CCCCCCC3)ccc21. The molecular formula is C18H26N2O3S. The van der Waals surface area contributed by atoms with Gasteiger partial charge in [-0.05, 0) is 43.0 Å². The first-order chi connectivity index (χ1) is 11.4. The van der Waals surface area contributed by atoms with Crippen LogP contribution in [0.4, 0.5) is 5.69 Å². The van der Waals surface area contributed by atoms with Gasteiger partial charge in [0.2, 0.25) is 10.0 Å². The van der Waals surface area contributed by atoms with Crippen molar-refractivity contribution < 1.29 is 13.2 Å². The molecule has 0 atom stereocenters. The molecule has 5 nitrogen and oxygen atoms in total. The molecule has 1 amide bonds. The molecule has 0 saturated heterocycles. The molecule has 0 aromatic heterocycles. The highest BCUT2D eigenvalue weighted by Crippen LogP contribution is 2.30. The molecule has 2 aliphatic rings. The van der Waals surface area contributed by atoms with Crippen LogP contribution in [-0.2, 0) is 16.4 Å². The fraction of sp³-hybridized carbons (Fsp3) is 0.611. The smallest absolute Gasteiger partial charge is 0.251 e. The van der Waals surface area contributed by atoms with Crippen LogP contribution in [-0.4, -0.2) is 33.2 Å². The molecule has 1 heterocycles. The first kappa shape index (κ1) is 17.3. The summed E-state index contributed by atoms with van der Waals surface area (Å²) in [5.74, 6) is -0.0406. The standard InChI is InChI=1S/C18H26N2O3S/c1-24(22,23)20-12-11-14-13-15(9-10-17(14)20)18(21)19-16-7-5-3-2-4-6-8-16/h9-10,13,16H,2-8,11-12H2,1H3,(H,19,21). The number of rotatable bonds is 3. The number of hydrogen-bond donors (Lipinski definition) is 1. The van der Waals surface area contributed by atoms with E-state index in [0.29, 0.717) is 24.2 Å². The fourth-order valence-corrected chi connectivity index (χ4v) is 4.68. The zero-order chi connectivity index (χ0) is 17.2. The molecule has 1 aliphatic heterocycles. The van der Waals surface area contributed by atoms with Crippen molar-refractivity contribution in [2.24, 2.45) is 0 Å². The average Bonchev–Trinajstić information content (AvgIpc) is 2.92. The van der Waals surface area contributed by atoms with Gasteiger partial charge in [0.15, 0.2) is 0 Å². The number of anilines is 1. The third-order valence-corrected chi connectivity index (χ3v) is 6.22. The Morgan fingerprint density at radius 3 is 2.46 bits per heavy atom. The highest BCUT2D eigenvalue weighted by molar-refractivity contribution is 7.92. The summed E-state index contributed by atoms with van der Waals surface area (Å²) in [5.41, 5.74) is 2.27. The predicted molar refractivity (Wildman–Crippen MR) is 95.9 cm³/mol. The van der Waals surface area contributed by atoms with Gasteiger partial charge in [-0.3, -0.25) is 9.10 Å². The molecule has 1 fully saturated rings. The Hall–Kier alpha value is -1.56. The van der Waals surface area contributed by atoms with E-state index >= 15 is 0 Å². The van der Waals surface area contributed by atoms with Gasteiger partial charge in [0.25, 0.3) is 5.91 Å². The summed E-state index contributed by atoms with van der Waals surface area (Å²) in [4.78, 5) is 12.5. The zero-order valence-corrected chi connectivity index (χ0v) is 15.1. The molecule has 0 bridgehead atoms. The van der Waals surface area contributed by atoms with Crippen molar-refractivity contribution in [3.05, 3.63) is 29.3 Å². The number of hydrogen-bond acceptors (Lipinski definition) is 3. The number of sulfonamides is 1. The number of fused-ring (bicyclic) bond motifs is 1. The molecule has 1 aromatic carbocycles. The molecule has 1 N–H and O–H groups in total. The highest BCUT2D eigenvalue weighted by Gasteiger charge is 2.27. The molecule has 1 aromatic rings. The maximum Gasteiger partial charge on any atom is 0.251 e.